The Labute approximate surface area is 583 Å². The molecule has 4 aromatic rings. The van der Waals surface area contributed by atoms with Crippen LogP contribution in [0.25, 0.3) is 0 Å². The highest BCUT2D eigenvalue weighted by Gasteiger charge is 2.54. The molecule has 4 amide bonds. The lowest BCUT2D eigenvalue weighted by Gasteiger charge is -2.46. The van der Waals surface area contributed by atoms with Crippen molar-refractivity contribution in [3.8, 4) is 11.5 Å². The summed E-state index contributed by atoms with van der Waals surface area (Å²) in [7, 11) is 0. The fourth-order valence-corrected chi connectivity index (χ4v) is 12.2. The van der Waals surface area contributed by atoms with E-state index in [0.29, 0.717) is 17.9 Å². The largest absolute Gasteiger partial charge is 0.489 e. The number of nitrogens with zero attached hydrogens (tertiary/aromatic N) is 3. The molecule has 20 unspecified atom stereocenters. The summed E-state index contributed by atoms with van der Waals surface area (Å²) in [5, 5.41) is 155. The predicted molar refractivity (Wildman–Crippen MR) is 352 cm³/mol. The Morgan fingerprint density at radius 3 is 1.83 bits per heavy atom. The number of rotatable bonds is 32. The minimum atomic E-state index is -2.26. The summed E-state index contributed by atoms with van der Waals surface area (Å²) in [4.78, 5) is 79.4. The number of benzene rings is 4. The maximum absolute atomic E-state index is 15.0. The van der Waals surface area contributed by atoms with Crippen molar-refractivity contribution in [2.24, 2.45) is 27.2 Å². The molecule has 5 aliphatic heterocycles. The van der Waals surface area contributed by atoms with Gasteiger partial charge in [-0.3, -0.25) is 29.2 Å². The monoisotopic (exact) mass is 1440 g/mol. The number of ether oxygens (including phenoxy) is 7. The molecule has 558 valence electrons. The van der Waals surface area contributed by atoms with Gasteiger partial charge < -0.3 is 153 Å². The van der Waals surface area contributed by atoms with E-state index in [1.165, 1.54) is 24.3 Å². The quantitative estimate of drug-likeness (QED) is 0.0202. The molecule has 0 saturated carbocycles. The van der Waals surface area contributed by atoms with Gasteiger partial charge in [-0.15, -0.1) is 0 Å². The maximum Gasteiger partial charge on any atom is 0.246 e. The third-order valence-corrected chi connectivity index (χ3v) is 18.3. The van der Waals surface area contributed by atoms with Gasteiger partial charge in [0.15, 0.2) is 24.4 Å². The molecule has 3 fully saturated rings. The van der Waals surface area contributed by atoms with Gasteiger partial charge >= 0.3 is 0 Å². The lowest BCUT2D eigenvalue weighted by Crippen LogP contribution is -2.70. The van der Waals surface area contributed by atoms with Crippen LogP contribution in [-0.4, -0.2) is 299 Å². The zero-order valence-electron chi connectivity index (χ0n) is 55.1. The molecule has 5 aliphatic rings. The summed E-state index contributed by atoms with van der Waals surface area (Å²) in [6, 6.07) is 18.8. The van der Waals surface area contributed by atoms with Crippen molar-refractivity contribution in [2.75, 3.05) is 39.5 Å². The van der Waals surface area contributed by atoms with Gasteiger partial charge in [0.05, 0.1) is 64.2 Å². The van der Waals surface area contributed by atoms with Gasteiger partial charge in [-0.1, -0.05) is 91.9 Å². The van der Waals surface area contributed by atoms with Crippen molar-refractivity contribution < 1.29 is 124 Å². The lowest BCUT2D eigenvalue weighted by atomic mass is 9.93. The second-order valence-corrected chi connectivity index (χ2v) is 25.3. The standard InChI is InChI=1S/C66H89N11O25/c1-30(34-10-6-3-7-11-34)44(67)59(93)73-38(58(92)75-45(47(82)39-21-70-65(68)74-39)61(95)76-46(60(94)72-35(23-78)24-79)48(83)40-22-71-66(69)77(40)62-54(89)51(86)49(84)41(25-80)99-62)20-31-12-18-37(19-13-31)98-63-56(91)53(88)57(42(26-81)100-63)102-64-55(90)52(87)50(85)43(101-64)29-96-27-33-14-16-36(17-15-33)97-28-32-8-4-2-5-9-32/h2-19,23,30,35,38-57,62-64,79-91H,20-22,24-29,67H2,1H3,(H2,69,71)(H,72,94)(H,73,93)(H,75,92)(H,76,95)(H3,68,70,74)/t30?,35-,38+,39?,40?,41?,42?,43?,44+,45+,46+,47?,48?,49?,50?,51?,52?,53?,54?,55?,56?,57?,62?,63?,64?/m1/s1. The fraction of sp³-hybridized carbons (Fsp3) is 0.530. The highest BCUT2D eigenvalue weighted by molar-refractivity contribution is 5.96. The molecule has 9 rings (SSSR count). The third kappa shape index (κ3) is 18.8. The summed E-state index contributed by atoms with van der Waals surface area (Å²) < 4.78 is 40.9. The van der Waals surface area contributed by atoms with E-state index in [2.05, 4.69) is 36.6 Å². The number of nitrogens with one attached hydrogen (secondary N) is 5. The minimum Gasteiger partial charge on any atom is -0.489 e. The van der Waals surface area contributed by atoms with Gasteiger partial charge in [-0.05, 0) is 46.5 Å². The fourth-order valence-electron chi connectivity index (χ4n) is 12.2. The van der Waals surface area contributed by atoms with Crippen LogP contribution in [0.3, 0.4) is 0 Å². The third-order valence-electron chi connectivity index (χ3n) is 18.3. The van der Waals surface area contributed by atoms with E-state index in [1.807, 2.05) is 30.3 Å². The van der Waals surface area contributed by atoms with Crippen molar-refractivity contribution in [1.29, 1.82) is 0 Å². The Kier molecular flexibility index (Phi) is 27.4. The van der Waals surface area contributed by atoms with Crippen molar-refractivity contribution in [3.05, 3.63) is 131 Å². The van der Waals surface area contributed by atoms with E-state index in [1.54, 1.807) is 61.5 Å². The first-order valence-electron chi connectivity index (χ1n) is 32.8. The Morgan fingerprint density at radius 1 is 0.618 bits per heavy atom. The number of hydrogen-bond donors (Lipinski definition) is 21. The van der Waals surface area contributed by atoms with E-state index in [-0.39, 0.29) is 43.3 Å². The second kappa shape index (κ2) is 35.8. The summed E-state index contributed by atoms with van der Waals surface area (Å²) in [6.07, 6.45) is -30.9. The number of amides is 4. The number of guanidine groups is 2. The number of aliphatic hydroxyl groups is 13. The van der Waals surface area contributed by atoms with Crippen LogP contribution in [0, 0.1) is 0 Å². The lowest BCUT2D eigenvalue weighted by molar-refractivity contribution is -0.353. The second-order valence-electron chi connectivity index (χ2n) is 25.3. The number of hydrogen-bond acceptors (Lipinski definition) is 32. The molecule has 0 aliphatic carbocycles. The summed E-state index contributed by atoms with van der Waals surface area (Å²) in [5.74, 6) is -5.57. The Balaban J connectivity index is 0.897. The van der Waals surface area contributed by atoms with Crippen LogP contribution in [0.4, 0.5) is 0 Å². The molecule has 0 radical (unpaired) electrons. The molecule has 36 nitrogen and oxygen atoms in total. The summed E-state index contributed by atoms with van der Waals surface area (Å²) >= 11 is 0. The van der Waals surface area contributed by atoms with Gasteiger partial charge in [0.2, 0.25) is 29.9 Å². The van der Waals surface area contributed by atoms with E-state index in [4.69, 9.17) is 50.4 Å². The predicted octanol–water partition coefficient (Wildman–Crippen LogP) is -8.90. The smallest absolute Gasteiger partial charge is 0.246 e. The molecule has 24 N–H and O–H groups in total. The van der Waals surface area contributed by atoms with Crippen molar-refractivity contribution in [1.82, 2.24) is 31.5 Å². The molecule has 0 bridgehead atoms. The zero-order chi connectivity index (χ0) is 73.6. The van der Waals surface area contributed by atoms with Gasteiger partial charge in [-0.25, -0.2) is 0 Å². The molecule has 25 atom stereocenters. The van der Waals surface area contributed by atoms with Crippen LogP contribution in [0.5, 0.6) is 11.5 Å². The van der Waals surface area contributed by atoms with Crippen molar-refractivity contribution >= 4 is 41.8 Å². The first-order valence-corrected chi connectivity index (χ1v) is 32.8. The first kappa shape index (κ1) is 78.0. The van der Waals surface area contributed by atoms with E-state index in [9.17, 15) is 85.6 Å². The topological polar surface area (TPSA) is 579 Å². The molecule has 36 heteroatoms. The Morgan fingerprint density at radius 2 is 1.20 bits per heavy atom. The molecular weight excluding hydrogens is 1350 g/mol. The van der Waals surface area contributed by atoms with Crippen LogP contribution in [0.2, 0.25) is 0 Å². The molecule has 4 aromatic carbocycles. The molecular formula is C66H89N11O25. The van der Waals surface area contributed by atoms with Crippen LogP contribution in [-0.2, 0) is 67.3 Å². The van der Waals surface area contributed by atoms with Crippen LogP contribution < -0.4 is 53.3 Å². The minimum absolute atomic E-state index is 0.0370. The SMILES string of the molecule is CC(c1ccccc1)[C@H](N)C(=O)N[C@@H](Cc1ccc(OC2OC(CO)C(OC3OC(COCc4ccc(OCc5ccccc5)cc4)C(O)C(O)C3O)C(O)C2O)cc1)C(=O)N[C@H](C(=O)N[C@H](C(=O)N[C@H](C=O)CO)C(O)C1CN=C(N)N1C1OC(CO)C(O)C(O)C1O)C(O)C1CN=C(N)N1. The number of aldehydes is 1. The average molecular weight is 1440 g/mol. The van der Waals surface area contributed by atoms with Crippen molar-refractivity contribution in [3.63, 3.8) is 0 Å². The number of carbonyl (C=O) groups is 5. The van der Waals surface area contributed by atoms with E-state index in [0.717, 1.165) is 16.0 Å². The highest BCUT2D eigenvalue weighted by atomic mass is 16.7. The number of nitrogens with two attached hydrogens (primary N) is 3. The summed E-state index contributed by atoms with van der Waals surface area (Å²) in [5.41, 5.74) is 21.3. The number of aliphatic imine (C=N–C) groups is 2. The Bertz CT molecular complexity index is 3450. The average Bonchev–Trinajstić information content (AvgIpc) is 1.41. The highest BCUT2D eigenvalue weighted by Crippen LogP contribution is 2.33. The molecule has 102 heavy (non-hydrogen) atoms. The maximum atomic E-state index is 15.0. The molecule has 5 heterocycles. The summed E-state index contributed by atoms with van der Waals surface area (Å²) in [6.45, 7) is -1.79. The number of aliphatic hydroxyl groups excluding tert-OH is 13. The van der Waals surface area contributed by atoms with Crippen LogP contribution >= 0.6 is 0 Å². The Hall–Kier alpha value is -8.19. The molecule has 0 spiro atoms. The zero-order valence-corrected chi connectivity index (χ0v) is 55.1. The van der Waals surface area contributed by atoms with Crippen LogP contribution in [0.1, 0.15) is 35.1 Å². The molecule has 3 saturated heterocycles. The van der Waals surface area contributed by atoms with Crippen LogP contribution in [0.15, 0.2) is 119 Å². The van der Waals surface area contributed by atoms with E-state index >= 15 is 4.79 Å². The van der Waals surface area contributed by atoms with Gasteiger partial charge in [-0.2, -0.15) is 0 Å². The first-order chi connectivity index (χ1) is 48.8. The normalized spacial score (nSPS) is 30.3. The van der Waals surface area contributed by atoms with Gasteiger partial charge in [0.1, 0.15) is 134 Å². The van der Waals surface area contributed by atoms with Gasteiger partial charge in [0, 0.05) is 12.3 Å². The molecule has 0 aromatic heterocycles. The van der Waals surface area contributed by atoms with E-state index < -0.39 is 215 Å². The van der Waals surface area contributed by atoms with Crippen molar-refractivity contribution in [2.45, 2.75) is 179 Å². The number of carbonyl (C=O) groups excluding carboxylic acids is 5. The van der Waals surface area contributed by atoms with Gasteiger partial charge in [0.25, 0.3) is 0 Å².